The lowest BCUT2D eigenvalue weighted by atomic mass is 10.1. The number of amides is 1. The van der Waals surface area contributed by atoms with Crippen LogP contribution in [-0.4, -0.2) is 5.91 Å². The number of alkyl halides is 1. The van der Waals surface area contributed by atoms with Gasteiger partial charge in [-0.25, -0.2) is 0 Å². The lowest BCUT2D eigenvalue weighted by Crippen LogP contribution is -2.12. The second kappa shape index (κ2) is 6.03. The van der Waals surface area contributed by atoms with Gasteiger partial charge < -0.3 is 5.32 Å². The van der Waals surface area contributed by atoms with Crippen molar-refractivity contribution < 1.29 is 4.79 Å². The number of carbonyl (C=O) groups excluding carboxylic acids is 1. The molecule has 1 N–H and O–H groups in total. The Bertz CT molecular complexity index is 554. The molecule has 0 fully saturated rings. The van der Waals surface area contributed by atoms with Crippen LogP contribution in [0.25, 0.3) is 0 Å². The van der Waals surface area contributed by atoms with E-state index >= 15 is 0 Å². The van der Waals surface area contributed by atoms with Crippen LogP contribution >= 0.6 is 27.5 Å². The zero-order chi connectivity index (χ0) is 13.0. The minimum atomic E-state index is -0.139. The van der Waals surface area contributed by atoms with Crippen LogP contribution in [0.3, 0.4) is 0 Å². The number of para-hydroxylation sites is 1. The van der Waals surface area contributed by atoms with Crippen molar-refractivity contribution in [2.45, 2.75) is 5.88 Å². The number of halogens is 2. The Labute approximate surface area is 119 Å². The summed E-state index contributed by atoms with van der Waals surface area (Å²) in [6.45, 7) is 0. The zero-order valence-corrected chi connectivity index (χ0v) is 11.8. The lowest BCUT2D eigenvalue weighted by molar-refractivity contribution is 0.102. The van der Waals surface area contributed by atoms with Gasteiger partial charge in [-0.3, -0.25) is 4.79 Å². The molecule has 92 valence electrons. The molecule has 4 heteroatoms. The molecule has 0 bridgehead atoms. The van der Waals surface area contributed by atoms with E-state index in [4.69, 9.17) is 11.6 Å². The van der Waals surface area contributed by atoms with Gasteiger partial charge in [0.15, 0.2) is 0 Å². The molecule has 18 heavy (non-hydrogen) atoms. The molecule has 2 aromatic rings. The zero-order valence-electron chi connectivity index (χ0n) is 9.49. The van der Waals surface area contributed by atoms with Gasteiger partial charge >= 0.3 is 0 Å². The number of rotatable bonds is 3. The molecular formula is C14H11BrClNO. The van der Waals surface area contributed by atoms with Crippen LogP contribution in [0, 0.1) is 0 Å². The Morgan fingerprint density at radius 2 is 1.78 bits per heavy atom. The maximum Gasteiger partial charge on any atom is 0.255 e. The molecule has 0 radical (unpaired) electrons. The van der Waals surface area contributed by atoms with Crippen LogP contribution in [0.15, 0.2) is 53.0 Å². The first-order chi connectivity index (χ1) is 8.70. The van der Waals surface area contributed by atoms with Crippen molar-refractivity contribution in [3.8, 4) is 0 Å². The Morgan fingerprint density at radius 1 is 1.11 bits per heavy atom. The normalized spacial score (nSPS) is 10.1. The van der Waals surface area contributed by atoms with Crippen LogP contribution in [0.5, 0.6) is 0 Å². The minimum Gasteiger partial charge on any atom is -0.322 e. The molecule has 0 aliphatic carbocycles. The van der Waals surface area contributed by atoms with E-state index in [2.05, 4.69) is 21.2 Å². The Hall–Kier alpha value is -1.32. The number of carbonyl (C=O) groups is 1. The van der Waals surface area contributed by atoms with Crippen molar-refractivity contribution in [2.75, 3.05) is 5.32 Å². The first-order valence-electron chi connectivity index (χ1n) is 5.41. The van der Waals surface area contributed by atoms with Gasteiger partial charge in [-0.05, 0) is 35.9 Å². The first kappa shape index (κ1) is 13.1. The minimum absolute atomic E-state index is 0.139. The second-order valence-corrected chi connectivity index (χ2v) is 4.93. The van der Waals surface area contributed by atoms with E-state index in [0.29, 0.717) is 11.4 Å². The highest BCUT2D eigenvalue weighted by Gasteiger charge is 2.08. The maximum absolute atomic E-state index is 12.0. The molecule has 2 rings (SSSR count). The van der Waals surface area contributed by atoms with E-state index in [0.717, 1.165) is 15.7 Å². The predicted molar refractivity (Wildman–Crippen MR) is 78.1 cm³/mol. The van der Waals surface area contributed by atoms with Crippen LogP contribution in [-0.2, 0) is 5.88 Å². The number of anilines is 1. The quantitative estimate of drug-likeness (QED) is 0.831. The largest absolute Gasteiger partial charge is 0.322 e. The van der Waals surface area contributed by atoms with Crippen molar-refractivity contribution >= 4 is 39.1 Å². The van der Waals surface area contributed by atoms with E-state index in [1.807, 2.05) is 36.4 Å². The van der Waals surface area contributed by atoms with E-state index in [1.54, 1.807) is 12.1 Å². The summed E-state index contributed by atoms with van der Waals surface area (Å²) in [5, 5.41) is 2.86. The molecule has 0 heterocycles. The van der Waals surface area contributed by atoms with Crippen LogP contribution < -0.4 is 5.32 Å². The van der Waals surface area contributed by atoms with Gasteiger partial charge in [-0.1, -0.05) is 34.1 Å². The van der Waals surface area contributed by atoms with Gasteiger partial charge in [-0.2, -0.15) is 0 Å². The molecule has 0 aliphatic heterocycles. The third-order valence-electron chi connectivity index (χ3n) is 2.52. The molecule has 0 aliphatic rings. The number of hydrogen-bond acceptors (Lipinski definition) is 1. The van der Waals surface area contributed by atoms with Crippen molar-refractivity contribution in [2.24, 2.45) is 0 Å². The summed E-state index contributed by atoms with van der Waals surface area (Å²) < 4.78 is 0.945. The van der Waals surface area contributed by atoms with Gasteiger partial charge in [0.1, 0.15) is 0 Å². The average molecular weight is 325 g/mol. The Kier molecular flexibility index (Phi) is 4.39. The van der Waals surface area contributed by atoms with Crippen LogP contribution in [0.1, 0.15) is 15.9 Å². The van der Waals surface area contributed by atoms with Crippen molar-refractivity contribution in [3.05, 3.63) is 64.1 Å². The molecular weight excluding hydrogens is 314 g/mol. The molecule has 0 saturated carbocycles. The maximum atomic E-state index is 12.0. The SMILES string of the molecule is O=C(Nc1ccccc1CCl)c1ccc(Br)cc1. The summed E-state index contributed by atoms with van der Waals surface area (Å²) in [7, 11) is 0. The highest BCUT2D eigenvalue weighted by atomic mass is 79.9. The van der Waals surface area contributed by atoms with Gasteiger partial charge in [0, 0.05) is 21.6 Å². The van der Waals surface area contributed by atoms with Crippen molar-refractivity contribution in [3.63, 3.8) is 0 Å². The van der Waals surface area contributed by atoms with Crippen LogP contribution in [0.2, 0.25) is 0 Å². The highest BCUT2D eigenvalue weighted by molar-refractivity contribution is 9.10. The lowest BCUT2D eigenvalue weighted by Gasteiger charge is -2.09. The fraction of sp³-hybridized carbons (Fsp3) is 0.0714. The summed E-state index contributed by atoms with van der Waals surface area (Å²) in [6, 6.07) is 14.7. The highest BCUT2D eigenvalue weighted by Crippen LogP contribution is 2.18. The van der Waals surface area contributed by atoms with E-state index in [-0.39, 0.29) is 5.91 Å². The molecule has 0 atom stereocenters. The van der Waals surface area contributed by atoms with Gasteiger partial charge in [0.25, 0.3) is 5.91 Å². The second-order valence-electron chi connectivity index (χ2n) is 3.75. The number of benzene rings is 2. The van der Waals surface area contributed by atoms with Gasteiger partial charge in [-0.15, -0.1) is 11.6 Å². The molecule has 0 saturated heterocycles. The fourth-order valence-electron chi connectivity index (χ4n) is 1.55. The Morgan fingerprint density at radius 3 is 2.44 bits per heavy atom. The van der Waals surface area contributed by atoms with Gasteiger partial charge in [0.05, 0.1) is 0 Å². The summed E-state index contributed by atoms with van der Waals surface area (Å²) in [5.74, 6) is 0.233. The topological polar surface area (TPSA) is 29.1 Å². The first-order valence-corrected chi connectivity index (χ1v) is 6.74. The molecule has 0 unspecified atom stereocenters. The average Bonchev–Trinajstić information content (AvgIpc) is 2.40. The molecule has 2 nitrogen and oxygen atoms in total. The number of hydrogen-bond donors (Lipinski definition) is 1. The van der Waals surface area contributed by atoms with Gasteiger partial charge in [0.2, 0.25) is 0 Å². The van der Waals surface area contributed by atoms with Crippen LogP contribution in [0.4, 0.5) is 5.69 Å². The Balaban J connectivity index is 2.18. The van der Waals surface area contributed by atoms with E-state index in [9.17, 15) is 4.79 Å². The molecule has 2 aromatic carbocycles. The predicted octanol–water partition coefficient (Wildman–Crippen LogP) is 4.44. The molecule has 0 aromatic heterocycles. The molecule has 1 amide bonds. The van der Waals surface area contributed by atoms with Crippen molar-refractivity contribution in [1.82, 2.24) is 0 Å². The summed E-state index contributed by atoms with van der Waals surface area (Å²) in [6.07, 6.45) is 0. The van der Waals surface area contributed by atoms with Crippen molar-refractivity contribution in [1.29, 1.82) is 0 Å². The smallest absolute Gasteiger partial charge is 0.255 e. The van der Waals surface area contributed by atoms with E-state index < -0.39 is 0 Å². The summed E-state index contributed by atoms with van der Waals surface area (Å²) >= 11 is 9.16. The monoisotopic (exact) mass is 323 g/mol. The van der Waals surface area contributed by atoms with E-state index in [1.165, 1.54) is 0 Å². The number of nitrogens with one attached hydrogen (secondary N) is 1. The molecule has 0 spiro atoms. The standard InChI is InChI=1S/C14H11BrClNO/c15-12-7-5-10(6-8-12)14(18)17-13-4-2-1-3-11(13)9-16/h1-8H,9H2,(H,17,18). The summed E-state index contributed by atoms with van der Waals surface area (Å²) in [5.41, 5.74) is 2.27. The third kappa shape index (κ3) is 3.12. The summed E-state index contributed by atoms with van der Waals surface area (Å²) in [4.78, 5) is 12.0. The fourth-order valence-corrected chi connectivity index (χ4v) is 2.05. The third-order valence-corrected chi connectivity index (χ3v) is 3.33.